The molecule has 1 rings (SSSR count). The second-order valence-corrected chi connectivity index (χ2v) is 9.63. The van der Waals surface area contributed by atoms with E-state index in [0.717, 1.165) is 64.1 Å². The van der Waals surface area contributed by atoms with Gasteiger partial charge in [-0.3, -0.25) is 0 Å². The summed E-state index contributed by atoms with van der Waals surface area (Å²) in [6.07, 6.45) is 7.88. The fraction of sp³-hybridized carbons (Fsp3) is 0.710. The lowest BCUT2D eigenvalue weighted by Gasteiger charge is -2.26. The predicted octanol–water partition coefficient (Wildman–Crippen LogP) is 1.76. The topological polar surface area (TPSA) is 122 Å². The zero-order valence-corrected chi connectivity index (χ0v) is 25.3. The van der Waals surface area contributed by atoms with Crippen molar-refractivity contribution in [1.82, 2.24) is 15.1 Å². The van der Waals surface area contributed by atoms with Crippen molar-refractivity contribution >= 4 is 6.09 Å². The smallest absolute Gasteiger partial charge is 0.407 e. The van der Waals surface area contributed by atoms with Crippen LogP contribution in [-0.4, -0.2) is 138 Å². The van der Waals surface area contributed by atoms with Gasteiger partial charge in [0.1, 0.15) is 13.2 Å². The summed E-state index contributed by atoms with van der Waals surface area (Å²) >= 11 is 0. The summed E-state index contributed by atoms with van der Waals surface area (Å²) < 4.78 is 27.0. The van der Waals surface area contributed by atoms with Crippen LogP contribution < -0.4 is 5.32 Å². The third-order valence-corrected chi connectivity index (χ3v) is 6.20. The molecular formula is C31H53N3O8. The standard InChI is InChI=1S/C31H53N3O8/c1-2-21-38-23-25-40-27-28-41-26-24-39-22-18-34(17-9-20-36)15-7-14-33(16-8-19-35)13-6-12-32-31(37)42-29-30-10-4-3-5-11-30/h1,3-5,10-11,35-36H,6-9,12-29H2,(H,32,37). The fourth-order valence-corrected chi connectivity index (χ4v) is 4.03. The molecule has 0 aromatic heterocycles. The molecule has 0 radical (unpaired) electrons. The molecule has 0 aliphatic carbocycles. The molecule has 0 heterocycles. The van der Waals surface area contributed by atoms with Crippen molar-refractivity contribution in [2.75, 3.05) is 112 Å². The van der Waals surface area contributed by atoms with E-state index in [1.165, 1.54) is 0 Å². The molecule has 3 N–H and O–H groups in total. The molecule has 0 spiro atoms. The first kappa shape index (κ1) is 37.8. The van der Waals surface area contributed by atoms with Crippen LogP contribution in [0.3, 0.4) is 0 Å². The second kappa shape index (κ2) is 28.8. The Hall–Kier alpha value is -2.27. The van der Waals surface area contributed by atoms with Crippen molar-refractivity contribution in [1.29, 1.82) is 0 Å². The molecule has 0 atom stereocenters. The average molecular weight is 596 g/mol. The number of terminal acetylenes is 1. The third-order valence-electron chi connectivity index (χ3n) is 6.20. The van der Waals surface area contributed by atoms with Gasteiger partial charge in [0.15, 0.2) is 0 Å². The van der Waals surface area contributed by atoms with Crippen molar-refractivity contribution in [3.63, 3.8) is 0 Å². The van der Waals surface area contributed by atoms with Crippen LogP contribution in [0.1, 0.15) is 31.2 Å². The summed E-state index contributed by atoms with van der Waals surface area (Å²) in [5.41, 5.74) is 0.952. The van der Waals surface area contributed by atoms with E-state index in [0.29, 0.717) is 65.8 Å². The van der Waals surface area contributed by atoms with Crippen molar-refractivity contribution in [2.24, 2.45) is 0 Å². The van der Waals surface area contributed by atoms with E-state index >= 15 is 0 Å². The molecule has 1 amide bonds. The molecule has 42 heavy (non-hydrogen) atoms. The number of hydrogen-bond acceptors (Lipinski definition) is 10. The van der Waals surface area contributed by atoms with Gasteiger partial charge < -0.3 is 49.0 Å². The average Bonchev–Trinajstić information content (AvgIpc) is 3.01. The van der Waals surface area contributed by atoms with Gasteiger partial charge in [0.25, 0.3) is 0 Å². The number of aliphatic hydroxyl groups is 2. The van der Waals surface area contributed by atoms with Crippen LogP contribution in [0.25, 0.3) is 0 Å². The van der Waals surface area contributed by atoms with E-state index in [-0.39, 0.29) is 19.8 Å². The number of benzene rings is 1. The Balaban J connectivity index is 2.17. The van der Waals surface area contributed by atoms with Crippen LogP contribution in [0.15, 0.2) is 30.3 Å². The molecule has 0 fully saturated rings. The van der Waals surface area contributed by atoms with Gasteiger partial charge in [0, 0.05) is 39.4 Å². The Morgan fingerprint density at radius 2 is 1.24 bits per heavy atom. The van der Waals surface area contributed by atoms with Gasteiger partial charge in [-0.2, -0.15) is 0 Å². The molecular weight excluding hydrogens is 542 g/mol. The number of ether oxygens (including phenoxy) is 5. The second-order valence-electron chi connectivity index (χ2n) is 9.63. The van der Waals surface area contributed by atoms with E-state index < -0.39 is 6.09 Å². The summed E-state index contributed by atoms with van der Waals surface area (Å²) in [6, 6.07) is 9.59. The van der Waals surface area contributed by atoms with E-state index in [2.05, 4.69) is 21.0 Å². The number of hydrogen-bond donors (Lipinski definition) is 3. The predicted molar refractivity (Wildman–Crippen MR) is 162 cm³/mol. The lowest BCUT2D eigenvalue weighted by molar-refractivity contribution is -0.00128. The number of carbonyl (C=O) groups is 1. The van der Waals surface area contributed by atoms with Gasteiger partial charge in [-0.15, -0.1) is 6.42 Å². The largest absolute Gasteiger partial charge is 0.445 e. The van der Waals surface area contributed by atoms with E-state index in [4.69, 9.17) is 30.1 Å². The lowest BCUT2D eigenvalue weighted by Crippen LogP contribution is -2.35. The number of rotatable bonds is 29. The number of nitrogens with zero attached hydrogens (tertiary/aromatic N) is 2. The van der Waals surface area contributed by atoms with Gasteiger partial charge in [0.05, 0.1) is 46.2 Å². The Bertz CT molecular complexity index is 781. The SMILES string of the molecule is C#CCOCCOCCOCCOCCN(CCCO)CCCN(CCCO)CCCNC(=O)OCc1ccccc1. The highest BCUT2D eigenvalue weighted by atomic mass is 16.6. The molecule has 11 heteroatoms. The summed E-state index contributed by atoms with van der Waals surface area (Å²) in [4.78, 5) is 16.6. The molecule has 11 nitrogen and oxygen atoms in total. The van der Waals surface area contributed by atoms with Gasteiger partial charge in [-0.05, 0) is 50.9 Å². The van der Waals surface area contributed by atoms with E-state index in [1.54, 1.807) is 0 Å². The first-order valence-electron chi connectivity index (χ1n) is 15.0. The van der Waals surface area contributed by atoms with Crippen molar-refractivity contribution in [3.8, 4) is 12.3 Å². The zero-order chi connectivity index (χ0) is 30.4. The van der Waals surface area contributed by atoms with Crippen molar-refractivity contribution in [3.05, 3.63) is 35.9 Å². The Morgan fingerprint density at radius 3 is 1.83 bits per heavy atom. The highest BCUT2D eigenvalue weighted by Gasteiger charge is 2.09. The maximum atomic E-state index is 12.0. The van der Waals surface area contributed by atoms with Gasteiger partial charge >= 0.3 is 6.09 Å². The maximum Gasteiger partial charge on any atom is 0.407 e. The minimum Gasteiger partial charge on any atom is -0.445 e. The van der Waals surface area contributed by atoms with Crippen molar-refractivity contribution in [2.45, 2.75) is 32.3 Å². The van der Waals surface area contributed by atoms with Crippen LogP contribution in [0.5, 0.6) is 0 Å². The Kier molecular flexibility index (Phi) is 25.9. The van der Waals surface area contributed by atoms with Crippen LogP contribution in [-0.2, 0) is 30.3 Å². The van der Waals surface area contributed by atoms with E-state index in [9.17, 15) is 15.0 Å². The third kappa shape index (κ3) is 23.3. The zero-order valence-electron chi connectivity index (χ0n) is 25.3. The van der Waals surface area contributed by atoms with Gasteiger partial charge in [-0.25, -0.2) is 4.79 Å². The van der Waals surface area contributed by atoms with Gasteiger partial charge in [-0.1, -0.05) is 36.3 Å². The van der Waals surface area contributed by atoms with Crippen LogP contribution in [0.4, 0.5) is 4.79 Å². The molecule has 0 saturated carbocycles. The number of nitrogens with one attached hydrogen (secondary N) is 1. The highest BCUT2D eigenvalue weighted by molar-refractivity contribution is 5.67. The quantitative estimate of drug-likeness (QED) is 0.0933. The molecule has 0 unspecified atom stereocenters. The number of carbonyl (C=O) groups excluding carboxylic acids is 1. The normalized spacial score (nSPS) is 11.2. The van der Waals surface area contributed by atoms with Crippen LogP contribution in [0, 0.1) is 12.3 Å². The summed E-state index contributed by atoms with van der Waals surface area (Å²) in [6.45, 7) is 9.99. The van der Waals surface area contributed by atoms with Crippen LogP contribution in [0.2, 0.25) is 0 Å². The Morgan fingerprint density at radius 1 is 0.714 bits per heavy atom. The first-order valence-corrected chi connectivity index (χ1v) is 15.0. The van der Waals surface area contributed by atoms with Crippen LogP contribution >= 0.6 is 0 Å². The molecule has 0 saturated heterocycles. The minimum atomic E-state index is -0.415. The van der Waals surface area contributed by atoms with Crippen molar-refractivity contribution < 1.29 is 38.7 Å². The van der Waals surface area contributed by atoms with E-state index in [1.807, 2.05) is 30.3 Å². The summed E-state index contributed by atoms with van der Waals surface area (Å²) in [7, 11) is 0. The number of amides is 1. The molecule has 240 valence electrons. The summed E-state index contributed by atoms with van der Waals surface area (Å²) in [5.74, 6) is 2.40. The molecule has 1 aromatic carbocycles. The molecule has 0 bridgehead atoms. The highest BCUT2D eigenvalue weighted by Crippen LogP contribution is 2.02. The maximum absolute atomic E-state index is 12.0. The number of alkyl carbamates (subject to hydrolysis) is 1. The Labute approximate surface area is 252 Å². The fourth-order valence-electron chi connectivity index (χ4n) is 4.03. The lowest BCUT2D eigenvalue weighted by atomic mass is 10.2. The number of aliphatic hydroxyl groups excluding tert-OH is 2. The van der Waals surface area contributed by atoms with Gasteiger partial charge in [0.2, 0.25) is 0 Å². The molecule has 1 aromatic rings. The molecule has 0 aliphatic heterocycles. The molecule has 0 aliphatic rings. The summed E-state index contributed by atoms with van der Waals surface area (Å²) in [5, 5.41) is 21.4. The monoisotopic (exact) mass is 595 g/mol. The minimum absolute atomic E-state index is 0.152. The first-order chi connectivity index (χ1) is 20.7.